The van der Waals surface area contributed by atoms with Gasteiger partial charge in [-0.05, 0) is 11.6 Å². The van der Waals surface area contributed by atoms with Gasteiger partial charge in [0.15, 0.2) is 0 Å². The number of nitrogens with one attached hydrogen (secondary N) is 2. The van der Waals surface area contributed by atoms with E-state index in [2.05, 4.69) is 0 Å². The van der Waals surface area contributed by atoms with Crippen LogP contribution in [0, 0.1) is 11.8 Å². The first-order valence-electron chi connectivity index (χ1n) is 3.87. The second kappa shape index (κ2) is 4.38. The van der Waals surface area contributed by atoms with E-state index in [1.807, 2.05) is 0 Å². The summed E-state index contributed by atoms with van der Waals surface area (Å²) in [6.07, 6.45) is 1.24. The second-order valence-electron chi connectivity index (χ2n) is 2.66. The van der Waals surface area contributed by atoms with E-state index in [-0.39, 0.29) is 5.84 Å². The molecule has 1 amide bonds. The number of nitrogens with two attached hydrogens (primary N) is 1. The van der Waals surface area contributed by atoms with Gasteiger partial charge >= 0.3 is 0 Å². The minimum atomic E-state index is -0.550. The highest BCUT2D eigenvalue weighted by molar-refractivity contribution is 5.96. The predicted octanol–water partition coefficient (Wildman–Crippen LogP) is 0.0285. The van der Waals surface area contributed by atoms with E-state index in [0.717, 1.165) is 0 Å². The molecule has 0 spiro atoms. The molecule has 5 N–H and O–H groups in total. The zero-order chi connectivity index (χ0) is 10.6. The van der Waals surface area contributed by atoms with Gasteiger partial charge in [-0.1, -0.05) is 18.2 Å². The highest BCUT2D eigenvalue weighted by Crippen LogP contribution is 2.06. The maximum atomic E-state index is 10.6. The Labute approximate surface area is 81.0 Å². The normalized spacial score (nSPS) is 9.50. The molecule has 0 aromatic heterocycles. The summed E-state index contributed by atoms with van der Waals surface area (Å²) in [6, 6.07) is 6.54. The molecule has 0 aliphatic rings. The molecular formula is C9H10N3O2. The van der Waals surface area contributed by atoms with Gasteiger partial charge in [0.1, 0.15) is 5.84 Å². The lowest BCUT2D eigenvalue weighted by atomic mass is 10.1. The summed E-state index contributed by atoms with van der Waals surface area (Å²) >= 11 is 0. The Hall–Kier alpha value is -1.88. The summed E-state index contributed by atoms with van der Waals surface area (Å²) < 4.78 is 0. The number of carbonyl (C=O) groups excluding carboxylic acids is 1. The fraction of sp³-hybridized carbons (Fsp3) is 0. The van der Waals surface area contributed by atoms with Crippen LogP contribution < -0.4 is 11.2 Å². The number of amides is 1. The lowest BCUT2D eigenvalue weighted by Gasteiger charge is -2.03. The van der Waals surface area contributed by atoms with Crippen LogP contribution in [0.3, 0.4) is 0 Å². The molecule has 73 valence electrons. The monoisotopic (exact) mass is 192 g/mol. The molecule has 1 rings (SSSR count). The predicted molar refractivity (Wildman–Crippen MR) is 50.8 cm³/mol. The van der Waals surface area contributed by atoms with E-state index >= 15 is 0 Å². The fourth-order valence-corrected chi connectivity index (χ4v) is 1.01. The zero-order valence-corrected chi connectivity index (χ0v) is 7.32. The summed E-state index contributed by atoms with van der Waals surface area (Å²) in [5, 5.41) is 15.8. The Bertz CT molecular complexity index is 363. The van der Waals surface area contributed by atoms with Crippen molar-refractivity contribution in [2.24, 2.45) is 5.73 Å². The molecule has 1 aromatic carbocycles. The van der Waals surface area contributed by atoms with Gasteiger partial charge in [-0.2, -0.15) is 0 Å². The number of hydrogen-bond acceptors (Lipinski definition) is 3. The van der Waals surface area contributed by atoms with E-state index < -0.39 is 5.91 Å². The number of rotatable bonds is 3. The third-order valence-corrected chi connectivity index (χ3v) is 1.60. The quantitative estimate of drug-likeness (QED) is 0.309. The average Bonchev–Trinajstić information content (AvgIpc) is 2.16. The fourth-order valence-electron chi connectivity index (χ4n) is 1.01. The second-order valence-corrected chi connectivity index (χ2v) is 2.66. The van der Waals surface area contributed by atoms with E-state index in [1.54, 1.807) is 29.7 Å². The summed E-state index contributed by atoms with van der Waals surface area (Å²) in [7, 11) is 0. The van der Waals surface area contributed by atoms with Crippen molar-refractivity contribution in [3.05, 3.63) is 41.8 Å². The maximum absolute atomic E-state index is 10.6. The molecule has 0 atom stereocenters. The highest BCUT2D eigenvalue weighted by atomic mass is 16.5. The number of benzene rings is 1. The van der Waals surface area contributed by atoms with Crippen LogP contribution in [0.2, 0.25) is 0 Å². The summed E-state index contributed by atoms with van der Waals surface area (Å²) in [4.78, 5) is 10.6. The molecular weight excluding hydrogens is 182 g/mol. The van der Waals surface area contributed by atoms with Gasteiger partial charge in [0.25, 0.3) is 0 Å². The Morgan fingerprint density at radius 2 is 2.29 bits per heavy atom. The molecule has 5 nitrogen and oxygen atoms in total. The smallest absolute Gasteiger partial charge is 0.226 e. The molecule has 1 radical (unpaired) electrons. The number of hydroxylamine groups is 1. The van der Waals surface area contributed by atoms with Crippen molar-refractivity contribution in [3.63, 3.8) is 0 Å². The van der Waals surface area contributed by atoms with Crippen LogP contribution in [0.15, 0.2) is 24.3 Å². The largest absolute Gasteiger partial charge is 0.369 e. The first-order valence-corrected chi connectivity index (χ1v) is 3.87. The van der Waals surface area contributed by atoms with E-state index in [9.17, 15) is 4.79 Å². The lowest BCUT2D eigenvalue weighted by Crippen LogP contribution is -2.19. The van der Waals surface area contributed by atoms with E-state index in [1.165, 1.54) is 6.42 Å². The van der Waals surface area contributed by atoms with Gasteiger partial charge in [-0.3, -0.25) is 20.9 Å². The van der Waals surface area contributed by atoms with Crippen LogP contribution in [0.1, 0.15) is 11.1 Å². The van der Waals surface area contributed by atoms with Crippen LogP contribution in [0.25, 0.3) is 0 Å². The Balaban J connectivity index is 2.89. The molecule has 0 aliphatic carbocycles. The van der Waals surface area contributed by atoms with Crippen molar-refractivity contribution in [3.8, 4) is 0 Å². The molecule has 0 fully saturated rings. The molecule has 5 heteroatoms. The molecule has 0 saturated heterocycles. The van der Waals surface area contributed by atoms with Crippen molar-refractivity contribution in [2.75, 3.05) is 0 Å². The third kappa shape index (κ3) is 2.56. The molecule has 0 saturated carbocycles. The van der Waals surface area contributed by atoms with Crippen LogP contribution in [0.4, 0.5) is 0 Å². The van der Waals surface area contributed by atoms with Gasteiger partial charge in [-0.15, -0.1) is 0 Å². The van der Waals surface area contributed by atoms with Gasteiger partial charge in [0.2, 0.25) is 5.91 Å². The van der Waals surface area contributed by atoms with Gasteiger partial charge in [0, 0.05) is 5.56 Å². The third-order valence-electron chi connectivity index (χ3n) is 1.60. The zero-order valence-electron chi connectivity index (χ0n) is 7.32. The minimum Gasteiger partial charge on any atom is -0.369 e. The first kappa shape index (κ1) is 10.2. The Morgan fingerprint density at radius 3 is 2.86 bits per heavy atom. The maximum Gasteiger partial charge on any atom is 0.226 e. The summed E-state index contributed by atoms with van der Waals surface area (Å²) in [6.45, 7) is 0. The SMILES string of the molecule is N=C(NO)c1cccc([CH]C(N)=O)c1. The van der Waals surface area contributed by atoms with Crippen molar-refractivity contribution >= 4 is 11.7 Å². The molecule has 0 bridgehead atoms. The van der Waals surface area contributed by atoms with Gasteiger partial charge in [-0.25, -0.2) is 0 Å². The Morgan fingerprint density at radius 1 is 1.57 bits per heavy atom. The van der Waals surface area contributed by atoms with Gasteiger partial charge < -0.3 is 5.73 Å². The standard InChI is InChI=1S/C9H10N3O2/c10-8(13)5-6-2-1-3-7(4-6)9(11)12-14/h1-5,14H,(H2,10,13)(H2,11,12). The number of primary amides is 1. The van der Waals surface area contributed by atoms with Crippen LogP contribution >= 0.6 is 0 Å². The van der Waals surface area contributed by atoms with Crippen molar-refractivity contribution in [2.45, 2.75) is 0 Å². The first-order chi connectivity index (χ1) is 6.63. The lowest BCUT2D eigenvalue weighted by molar-refractivity contribution is -0.114. The van der Waals surface area contributed by atoms with Crippen LogP contribution in [-0.2, 0) is 4.79 Å². The number of amidine groups is 1. The molecule has 0 heterocycles. The highest BCUT2D eigenvalue weighted by Gasteiger charge is 2.03. The molecule has 14 heavy (non-hydrogen) atoms. The van der Waals surface area contributed by atoms with Crippen molar-refractivity contribution < 1.29 is 10.0 Å². The molecule has 0 aliphatic heterocycles. The number of carbonyl (C=O) groups is 1. The Kier molecular flexibility index (Phi) is 3.19. The summed E-state index contributed by atoms with van der Waals surface area (Å²) in [5.41, 5.74) is 7.75. The summed E-state index contributed by atoms with van der Waals surface area (Å²) in [5.74, 6) is -0.685. The average molecular weight is 192 g/mol. The van der Waals surface area contributed by atoms with Crippen LogP contribution in [-0.4, -0.2) is 17.0 Å². The molecule has 0 unspecified atom stereocenters. The van der Waals surface area contributed by atoms with Crippen LogP contribution in [0.5, 0.6) is 0 Å². The van der Waals surface area contributed by atoms with E-state index in [4.69, 9.17) is 16.4 Å². The van der Waals surface area contributed by atoms with Gasteiger partial charge in [0.05, 0.1) is 6.42 Å². The minimum absolute atomic E-state index is 0.135. The topological polar surface area (TPSA) is 99.2 Å². The number of hydrogen-bond donors (Lipinski definition) is 4. The van der Waals surface area contributed by atoms with E-state index in [0.29, 0.717) is 11.1 Å². The van der Waals surface area contributed by atoms with Crippen molar-refractivity contribution in [1.82, 2.24) is 5.48 Å². The van der Waals surface area contributed by atoms with Crippen molar-refractivity contribution in [1.29, 1.82) is 5.41 Å². The molecule has 1 aromatic rings.